The van der Waals surface area contributed by atoms with Crippen molar-refractivity contribution in [2.24, 2.45) is 5.73 Å². The van der Waals surface area contributed by atoms with Crippen LogP contribution >= 0.6 is 0 Å². The first-order valence-electron chi connectivity index (χ1n) is 6.17. The molecule has 1 aliphatic heterocycles. The lowest BCUT2D eigenvalue weighted by Gasteiger charge is -2.20. The molecule has 1 aromatic rings. The first kappa shape index (κ1) is 14.8. The Labute approximate surface area is 113 Å². The summed E-state index contributed by atoms with van der Waals surface area (Å²) in [7, 11) is 0. The van der Waals surface area contributed by atoms with Gasteiger partial charge >= 0.3 is 6.18 Å². The highest BCUT2D eigenvalue weighted by Crippen LogP contribution is 2.35. The molecule has 1 aliphatic rings. The van der Waals surface area contributed by atoms with Crippen LogP contribution in [0.25, 0.3) is 0 Å². The number of carbonyl (C=O) groups excluding carboxylic acids is 1. The van der Waals surface area contributed by atoms with Crippen LogP contribution in [0.1, 0.15) is 36.7 Å². The van der Waals surface area contributed by atoms with Gasteiger partial charge in [-0.3, -0.25) is 4.79 Å². The maximum atomic E-state index is 12.9. The Balaban J connectivity index is 2.40. The SMILES string of the molecule is CC(n1nnc(CC(N)=O)c1C1CCOC1)C(F)(F)F. The van der Waals surface area contributed by atoms with Crippen molar-refractivity contribution >= 4 is 5.91 Å². The summed E-state index contributed by atoms with van der Waals surface area (Å²) in [4.78, 5) is 11.0. The molecule has 2 N–H and O–H groups in total. The molecular weight excluding hydrogens is 277 g/mol. The molecule has 1 saturated heterocycles. The minimum Gasteiger partial charge on any atom is -0.381 e. The number of halogens is 3. The van der Waals surface area contributed by atoms with Crippen LogP contribution in [0.15, 0.2) is 0 Å². The number of hydrogen-bond acceptors (Lipinski definition) is 4. The number of rotatable bonds is 4. The molecule has 20 heavy (non-hydrogen) atoms. The fourth-order valence-corrected chi connectivity index (χ4v) is 2.22. The lowest BCUT2D eigenvalue weighted by molar-refractivity contribution is -0.166. The Morgan fingerprint density at radius 1 is 1.60 bits per heavy atom. The Morgan fingerprint density at radius 3 is 2.80 bits per heavy atom. The molecule has 1 aromatic heterocycles. The molecule has 2 unspecified atom stereocenters. The predicted octanol–water partition coefficient (Wildman–Crippen LogP) is 0.933. The zero-order chi connectivity index (χ0) is 14.9. The molecule has 0 spiro atoms. The zero-order valence-electron chi connectivity index (χ0n) is 10.9. The topological polar surface area (TPSA) is 83.0 Å². The van der Waals surface area contributed by atoms with Crippen molar-refractivity contribution in [2.75, 3.05) is 13.2 Å². The van der Waals surface area contributed by atoms with Gasteiger partial charge in [0.1, 0.15) is 6.04 Å². The summed E-state index contributed by atoms with van der Waals surface area (Å²) in [6, 6.07) is -1.81. The van der Waals surface area contributed by atoms with E-state index in [1.165, 1.54) is 0 Å². The highest BCUT2D eigenvalue weighted by Gasteiger charge is 2.41. The molecule has 1 fully saturated rings. The van der Waals surface area contributed by atoms with Crippen LogP contribution in [0.3, 0.4) is 0 Å². The predicted molar refractivity (Wildman–Crippen MR) is 61.9 cm³/mol. The Morgan fingerprint density at radius 2 is 2.30 bits per heavy atom. The van der Waals surface area contributed by atoms with Gasteiger partial charge in [0.05, 0.1) is 24.4 Å². The molecule has 0 aliphatic carbocycles. The summed E-state index contributed by atoms with van der Waals surface area (Å²) in [6.07, 6.45) is -4.09. The van der Waals surface area contributed by atoms with Crippen LogP contribution < -0.4 is 5.73 Å². The normalized spacial score (nSPS) is 21.1. The first-order chi connectivity index (χ1) is 9.30. The molecule has 0 saturated carbocycles. The van der Waals surface area contributed by atoms with E-state index < -0.39 is 18.1 Å². The maximum absolute atomic E-state index is 12.9. The Bertz CT molecular complexity index is 494. The average Bonchev–Trinajstić information content (AvgIpc) is 2.94. The molecule has 6 nitrogen and oxygen atoms in total. The summed E-state index contributed by atoms with van der Waals surface area (Å²) in [6.45, 7) is 1.76. The van der Waals surface area contributed by atoms with E-state index in [-0.39, 0.29) is 18.0 Å². The van der Waals surface area contributed by atoms with Crippen LogP contribution in [0.4, 0.5) is 13.2 Å². The van der Waals surface area contributed by atoms with E-state index in [9.17, 15) is 18.0 Å². The van der Waals surface area contributed by atoms with E-state index in [4.69, 9.17) is 10.5 Å². The molecular formula is C11H15F3N4O2. The van der Waals surface area contributed by atoms with E-state index in [2.05, 4.69) is 10.3 Å². The monoisotopic (exact) mass is 292 g/mol. The van der Waals surface area contributed by atoms with E-state index in [0.717, 1.165) is 11.6 Å². The lowest BCUT2D eigenvalue weighted by Crippen LogP contribution is -2.27. The largest absolute Gasteiger partial charge is 0.410 e. The van der Waals surface area contributed by atoms with Crippen molar-refractivity contribution in [3.63, 3.8) is 0 Å². The maximum Gasteiger partial charge on any atom is 0.410 e. The number of ether oxygens (including phenoxy) is 1. The lowest BCUT2D eigenvalue weighted by atomic mass is 10.0. The van der Waals surface area contributed by atoms with Crippen molar-refractivity contribution in [2.45, 2.75) is 37.9 Å². The van der Waals surface area contributed by atoms with Gasteiger partial charge in [-0.25, -0.2) is 4.68 Å². The summed E-state index contributed by atoms with van der Waals surface area (Å²) in [5, 5.41) is 7.26. The van der Waals surface area contributed by atoms with Gasteiger partial charge in [-0.2, -0.15) is 13.2 Å². The number of amides is 1. The van der Waals surface area contributed by atoms with E-state index in [0.29, 0.717) is 25.3 Å². The number of primary amides is 1. The summed E-state index contributed by atoms with van der Waals surface area (Å²) in [5.41, 5.74) is 5.59. The van der Waals surface area contributed by atoms with Gasteiger partial charge in [0.2, 0.25) is 5.91 Å². The minimum absolute atomic E-state index is 0.198. The second-order valence-corrected chi connectivity index (χ2v) is 4.79. The standard InChI is InChI=1S/C11H15F3N4O2/c1-6(11(12,13)14)18-10(7-2-3-20-5-7)8(16-17-18)4-9(15)19/h6-7H,2-5H2,1H3,(H2,15,19). The van der Waals surface area contributed by atoms with E-state index in [1.807, 2.05) is 0 Å². The second kappa shape index (κ2) is 5.39. The zero-order valence-corrected chi connectivity index (χ0v) is 10.9. The van der Waals surface area contributed by atoms with Gasteiger partial charge in [0.15, 0.2) is 0 Å². The molecule has 2 rings (SSSR count). The highest BCUT2D eigenvalue weighted by atomic mass is 19.4. The third-order valence-corrected chi connectivity index (χ3v) is 3.30. The Hall–Kier alpha value is -1.64. The number of nitrogens with two attached hydrogens (primary N) is 1. The van der Waals surface area contributed by atoms with Gasteiger partial charge < -0.3 is 10.5 Å². The van der Waals surface area contributed by atoms with E-state index >= 15 is 0 Å². The molecule has 112 valence electrons. The van der Waals surface area contributed by atoms with Gasteiger partial charge in [-0.15, -0.1) is 5.10 Å². The van der Waals surface area contributed by atoms with Crippen molar-refractivity contribution in [1.29, 1.82) is 0 Å². The quantitative estimate of drug-likeness (QED) is 0.895. The molecule has 1 amide bonds. The third-order valence-electron chi connectivity index (χ3n) is 3.30. The molecule has 2 heterocycles. The number of alkyl halides is 3. The molecule has 0 aromatic carbocycles. The number of hydrogen-bond donors (Lipinski definition) is 1. The van der Waals surface area contributed by atoms with Crippen LogP contribution in [-0.4, -0.2) is 40.3 Å². The van der Waals surface area contributed by atoms with E-state index in [1.54, 1.807) is 0 Å². The minimum atomic E-state index is -4.44. The van der Waals surface area contributed by atoms with Gasteiger partial charge in [-0.05, 0) is 13.3 Å². The average molecular weight is 292 g/mol. The van der Waals surface area contributed by atoms with Crippen LogP contribution in [0.2, 0.25) is 0 Å². The summed E-state index contributed by atoms with van der Waals surface area (Å²) in [5.74, 6) is -0.902. The summed E-state index contributed by atoms with van der Waals surface area (Å²) < 4.78 is 44.6. The van der Waals surface area contributed by atoms with Gasteiger partial charge in [0, 0.05) is 12.5 Å². The van der Waals surface area contributed by atoms with Crippen molar-refractivity contribution in [3.05, 3.63) is 11.4 Å². The van der Waals surface area contributed by atoms with Gasteiger partial charge in [0.25, 0.3) is 0 Å². The van der Waals surface area contributed by atoms with Crippen LogP contribution in [0, 0.1) is 0 Å². The van der Waals surface area contributed by atoms with Crippen molar-refractivity contribution < 1.29 is 22.7 Å². The molecule has 2 atom stereocenters. The highest BCUT2D eigenvalue weighted by molar-refractivity contribution is 5.76. The number of nitrogens with zero attached hydrogens (tertiary/aromatic N) is 3. The van der Waals surface area contributed by atoms with Crippen molar-refractivity contribution in [1.82, 2.24) is 15.0 Å². The molecule has 0 bridgehead atoms. The van der Waals surface area contributed by atoms with Crippen LogP contribution in [-0.2, 0) is 16.0 Å². The molecule has 0 radical (unpaired) electrons. The van der Waals surface area contributed by atoms with Crippen molar-refractivity contribution in [3.8, 4) is 0 Å². The smallest absolute Gasteiger partial charge is 0.381 e. The summed E-state index contributed by atoms with van der Waals surface area (Å²) >= 11 is 0. The van der Waals surface area contributed by atoms with Crippen LogP contribution in [0.5, 0.6) is 0 Å². The Kier molecular flexibility index (Phi) is 3.98. The number of carbonyl (C=O) groups is 1. The first-order valence-corrected chi connectivity index (χ1v) is 6.17. The fourth-order valence-electron chi connectivity index (χ4n) is 2.22. The third kappa shape index (κ3) is 2.92. The van der Waals surface area contributed by atoms with Gasteiger partial charge in [-0.1, -0.05) is 5.21 Å². The number of aromatic nitrogens is 3. The molecule has 9 heteroatoms. The fraction of sp³-hybridized carbons (Fsp3) is 0.727. The second-order valence-electron chi connectivity index (χ2n) is 4.79.